The Hall–Kier alpha value is -0.850. The average Bonchev–Trinajstić information content (AvgIpc) is 2.39. The molecule has 2 aliphatic carbocycles. The van der Waals surface area contributed by atoms with Gasteiger partial charge in [0.05, 0.1) is 12.7 Å². The summed E-state index contributed by atoms with van der Waals surface area (Å²) in [6.07, 6.45) is 6.88. The summed E-state index contributed by atoms with van der Waals surface area (Å²) in [6, 6.07) is 0. The van der Waals surface area contributed by atoms with Gasteiger partial charge in [-0.2, -0.15) is 0 Å². The van der Waals surface area contributed by atoms with Gasteiger partial charge < -0.3 is 9.47 Å². The molecular weight excluding hydrogens is 371 g/mol. The van der Waals surface area contributed by atoms with E-state index in [1.165, 1.54) is 14.0 Å². The summed E-state index contributed by atoms with van der Waals surface area (Å²) in [5.74, 6) is -0.425. The highest BCUT2D eigenvalue weighted by Crippen LogP contribution is 2.51. The number of hydrogen-bond acceptors (Lipinski definition) is 4. The van der Waals surface area contributed by atoms with Crippen molar-refractivity contribution in [2.45, 2.75) is 37.0 Å². The second kappa shape index (κ2) is 5.87. The highest BCUT2D eigenvalue weighted by molar-refractivity contribution is 14.1. The number of ether oxygens (including phenoxy) is 2. The topological polar surface area (TPSA) is 52.6 Å². The van der Waals surface area contributed by atoms with Crippen molar-refractivity contribution in [1.82, 2.24) is 0 Å². The highest BCUT2D eigenvalue weighted by Gasteiger charge is 2.45. The maximum atomic E-state index is 12.2. The van der Waals surface area contributed by atoms with E-state index < -0.39 is 11.9 Å². The van der Waals surface area contributed by atoms with Gasteiger partial charge in [0.15, 0.2) is 0 Å². The van der Waals surface area contributed by atoms with Crippen LogP contribution in [0, 0.1) is 11.3 Å². The molecular formula is C15H19IO4. The van der Waals surface area contributed by atoms with Gasteiger partial charge in [0.1, 0.15) is 5.76 Å². The first-order valence-electron chi connectivity index (χ1n) is 6.71. The third kappa shape index (κ3) is 2.92. The monoisotopic (exact) mass is 390 g/mol. The first-order valence-corrected chi connectivity index (χ1v) is 7.96. The van der Waals surface area contributed by atoms with E-state index in [4.69, 9.17) is 9.47 Å². The summed E-state index contributed by atoms with van der Waals surface area (Å²) < 4.78 is 10.6. The minimum Gasteiger partial charge on any atom is -0.466 e. The number of alkyl halides is 1. The highest BCUT2D eigenvalue weighted by atomic mass is 127. The molecule has 0 bridgehead atoms. The first kappa shape index (κ1) is 15.5. The van der Waals surface area contributed by atoms with E-state index in [0.29, 0.717) is 15.3 Å². The molecule has 2 aliphatic rings. The number of esters is 2. The smallest absolute Gasteiger partial charge is 0.337 e. The van der Waals surface area contributed by atoms with Gasteiger partial charge in [-0.1, -0.05) is 35.6 Å². The lowest BCUT2D eigenvalue weighted by molar-refractivity contribution is -0.139. The van der Waals surface area contributed by atoms with Crippen LogP contribution >= 0.6 is 22.6 Å². The van der Waals surface area contributed by atoms with E-state index in [1.54, 1.807) is 6.08 Å². The Morgan fingerprint density at radius 3 is 2.75 bits per heavy atom. The zero-order valence-electron chi connectivity index (χ0n) is 11.9. The minimum absolute atomic E-state index is 0.0462. The lowest BCUT2D eigenvalue weighted by Crippen LogP contribution is -2.39. The van der Waals surface area contributed by atoms with Crippen LogP contribution in [0.4, 0.5) is 0 Å². The predicted molar refractivity (Wildman–Crippen MR) is 83.2 cm³/mol. The van der Waals surface area contributed by atoms with E-state index in [2.05, 4.69) is 35.6 Å². The molecule has 0 aromatic heterocycles. The molecule has 0 radical (unpaired) electrons. The van der Waals surface area contributed by atoms with Crippen molar-refractivity contribution in [1.29, 1.82) is 0 Å². The molecule has 1 saturated carbocycles. The van der Waals surface area contributed by atoms with E-state index in [9.17, 15) is 9.59 Å². The Bertz CT molecular complexity index is 494. The molecule has 110 valence electrons. The Labute approximate surface area is 132 Å². The van der Waals surface area contributed by atoms with Gasteiger partial charge in [0.2, 0.25) is 0 Å². The fourth-order valence-electron chi connectivity index (χ4n) is 3.06. The molecule has 3 atom stereocenters. The van der Waals surface area contributed by atoms with Crippen LogP contribution in [0.25, 0.3) is 0 Å². The lowest BCUT2D eigenvalue weighted by Gasteiger charge is -2.44. The average molecular weight is 390 g/mol. The summed E-state index contributed by atoms with van der Waals surface area (Å²) in [6.45, 7) is 3.50. The van der Waals surface area contributed by atoms with E-state index in [1.807, 2.05) is 0 Å². The number of carbonyl (C=O) groups excluding carboxylic acids is 2. The molecule has 0 spiro atoms. The molecule has 2 rings (SSSR count). The van der Waals surface area contributed by atoms with Crippen molar-refractivity contribution < 1.29 is 19.1 Å². The van der Waals surface area contributed by atoms with Crippen molar-refractivity contribution in [3.05, 3.63) is 23.5 Å². The Morgan fingerprint density at radius 1 is 1.45 bits per heavy atom. The summed E-state index contributed by atoms with van der Waals surface area (Å²) >= 11 is 2.42. The number of halogens is 1. The zero-order chi connectivity index (χ0) is 14.9. The maximum absolute atomic E-state index is 12.2. The number of fused-ring (bicyclic) bond motifs is 1. The zero-order valence-corrected chi connectivity index (χ0v) is 14.1. The molecule has 5 heteroatoms. The van der Waals surface area contributed by atoms with Crippen LogP contribution in [0.5, 0.6) is 0 Å². The van der Waals surface area contributed by atoms with Crippen LogP contribution in [0.3, 0.4) is 0 Å². The second-order valence-electron chi connectivity index (χ2n) is 5.63. The summed E-state index contributed by atoms with van der Waals surface area (Å²) in [7, 11) is 1.36. The Morgan fingerprint density at radius 2 is 2.15 bits per heavy atom. The van der Waals surface area contributed by atoms with Gasteiger partial charge in [-0.25, -0.2) is 4.79 Å². The van der Waals surface area contributed by atoms with Crippen LogP contribution in [0.1, 0.15) is 33.1 Å². The largest absolute Gasteiger partial charge is 0.466 e. The summed E-state index contributed by atoms with van der Waals surface area (Å²) in [5, 5.41) is 0. The number of carbonyl (C=O) groups is 2. The van der Waals surface area contributed by atoms with Crippen molar-refractivity contribution in [2.24, 2.45) is 11.3 Å². The number of methoxy groups -OCH3 is 1. The third-order valence-corrected chi connectivity index (χ3v) is 5.30. The molecule has 0 heterocycles. The van der Waals surface area contributed by atoms with Crippen molar-refractivity contribution in [2.75, 3.05) is 7.11 Å². The maximum Gasteiger partial charge on any atom is 0.337 e. The number of hydrogen-bond donors (Lipinski definition) is 0. The first-order chi connectivity index (χ1) is 9.37. The SMILES string of the molecule is COC(=O)C1=C(OC(C)=O)C=C[C@]2(C)CC[C@H](I)C[C@H]12. The molecule has 20 heavy (non-hydrogen) atoms. The van der Waals surface area contributed by atoms with Crippen molar-refractivity contribution in [3.63, 3.8) is 0 Å². The number of allylic oxidation sites excluding steroid dienone is 2. The van der Waals surface area contributed by atoms with Crippen molar-refractivity contribution in [3.8, 4) is 0 Å². The molecule has 1 fully saturated rings. The molecule has 0 saturated heterocycles. The van der Waals surface area contributed by atoms with E-state index >= 15 is 0 Å². The van der Waals surface area contributed by atoms with Gasteiger partial charge in [0, 0.05) is 16.8 Å². The third-order valence-electron chi connectivity index (χ3n) is 4.17. The molecule has 0 aromatic rings. The normalized spacial score (nSPS) is 32.6. The lowest BCUT2D eigenvalue weighted by atomic mass is 9.62. The fourth-order valence-corrected chi connectivity index (χ4v) is 3.88. The summed E-state index contributed by atoms with van der Waals surface area (Å²) in [4.78, 5) is 23.4. The Balaban J connectivity index is 2.45. The van der Waals surface area contributed by atoms with Gasteiger partial charge in [-0.15, -0.1) is 0 Å². The molecule has 0 aliphatic heterocycles. The van der Waals surface area contributed by atoms with Crippen LogP contribution in [-0.4, -0.2) is 23.0 Å². The Kier molecular flexibility index (Phi) is 4.56. The van der Waals surface area contributed by atoms with Crippen LogP contribution in [0.2, 0.25) is 0 Å². The fraction of sp³-hybridized carbons (Fsp3) is 0.600. The van der Waals surface area contributed by atoms with Crippen LogP contribution < -0.4 is 0 Å². The molecule has 0 aromatic carbocycles. The molecule has 0 amide bonds. The van der Waals surface area contributed by atoms with Crippen molar-refractivity contribution >= 4 is 34.5 Å². The van der Waals surface area contributed by atoms with Gasteiger partial charge >= 0.3 is 11.9 Å². The van der Waals surface area contributed by atoms with Gasteiger partial charge in [-0.3, -0.25) is 4.79 Å². The second-order valence-corrected chi connectivity index (χ2v) is 7.39. The van der Waals surface area contributed by atoms with Gasteiger partial charge in [-0.05, 0) is 30.8 Å². The predicted octanol–water partition coefficient (Wildman–Crippen LogP) is 3.16. The summed E-state index contributed by atoms with van der Waals surface area (Å²) in [5.41, 5.74) is 0.448. The van der Waals surface area contributed by atoms with E-state index in [0.717, 1.165) is 19.3 Å². The van der Waals surface area contributed by atoms with Crippen LogP contribution in [0.15, 0.2) is 23.5 Å². The quantitative estimate of drug-likeness (QED) is 0.413. The number of rotatable bonds is 2. The molecule has 4 nitrogen and oxygen atoms in total. The van der Waals surface area contributed by atoms with E-state index in [-0.39, 0.29) is 11.3 Å². The molecule has 0 unspecified atom stereocenters. The van der Waals surface area contributed by atoms with Gasteiger partial charge in [0.25, 0.3) is 0 Å². The van der Waals surface area contributed by atoms with Crippen LogP contribution in [-0.2, 0) is 19.1 Å². The molecule has 0 N–H and O–H groups in total. The standard InChI is InChI=1S/C15H19IO4/c1-9(17)20-12-5-7-15(2)6-4-10(16)8-11(15)13(12)14(18)19-3/h5,7,10-11H,4,6,8H2,1-3H3/t10-,11+,15-/m0/s1. The minimum atomic E-state index is -0.420.